The van der Waals surface area contributed by atoms with Gasteiger partial charge in [0.15, 0.2) is 0 Å². The van der Waals surface area contributed by atoms with Crippen LogP contribution in [-0.4, -0.2) is 41.7 Å². The van der Waals surface area contributed by atoms with Gasteiger partial charge in [0.2, 0.25) is 0 Å². The SMILES string of the molecule is CO[B]c1ccnc(N2CCn3c(cc4c3CC(C)(C)C4)C2=O)c1CO. The van der Waals surface area contributed by atoms with Gasteiger partial charge >= 0.3 is 7.48 Å². The summed E-state index contributed by atoms with van der Waals surface area (Å²) >= 11 is 0. The first-order valence-corrected chi connectivity index (χ1v) is 8.93. The Hall–Kier alpha value is -2.12. The van der Waals surface area contributed by atoms with Crippen molar-refractivity contribution >= 4 is 24.7 Å². The third-order valence-electron chi connectivity index (χ3n) is 5.35. The van der Waals surface area contributed by atoms with Crippen LogP contribution in [0.2, 0.25) is 0 Å². The lowest BCUT2D eigenvalue weighted by atomic mass is 9.84. The van der Waals surface area contributed by atoms with Crippen molar-refractivity contribution in [1.29, 1.82) is 0 Å². The molecule has 26 heavy (non-hydrogen) atoms. The van der Waals surface area contributed by atoms with Crippen molar-refractivity contribution in [3.05, 3.63) is 40.8 Å². The van der Waals surface area contributed by atoms with E-state index in [4.69, 9.17) is 4.65 Å². The fourth-order valence-electron chi connectivity index (χ4n) is 4.24. The zero-order valence-electron chi connectivity index (χ0n) is 15.5. The minimum atomic E-state index is -0.201. The maximum absolute atomic E-state index is 13.2. The van der Waals surface area contributed by atoms with Crippen LogP contribution < -0.4 is 10.4 Å². The number of anilines is 1. The van der Waals surface area contributed by atoms with Gasteiger partial charge in [0.25, 0.3) is 5.91 Å². The van der Waals surface area contributed by atoms with Gasteiger partial charge in [-0.3, -0.25) is 9.69 Å². The smallest absolute Gasteiger partial charge is 0.330 e. The molecule has 0 spiro atoms. The number of rotatable bonds is 4. The quantitative estimate of drug-likeness (QED) is 0.836. The molecule has 0 saturated heterocycles. The minimum Gasteiger partial charge on any atom is -0.437 e. The van der Waals surface area contributed by atoms with Gasteiger partial charge in [-0.25, -0.2) is 4.98 Å². The first-order chi connectivity index (χ1) is 12.4. The predicted molar refractivity (Wildman–Crippen MR) is 99.9 cm³/mol. The van der Waals surface area contributed by atoms with Crippen LogP contribution in [0.5, 0.6) is 0 Å². The second-order valence-electron chi connectivity index (χ2n) is 7.84. The molecule has 0 unspecified atom stereocenters. The fourth-order valence-corrected chi connectivity index (χ4v) is 4.24. The summed E-state index contributed by atoms with van der Waals surface area (Å²) in [6.07, 6.45) is 3.66. The maximum atomic E-state index is 13.2. The van der Waals surface area contributed by atoms with Gasteiger partial charge in [-0.15, -0.1) is 0 Å². The lowest BCUT2D eigenvalue weighted by Crippen LogP contribution is -2.42. The highest BCUT2D eigenvalue weighted by molar-refractivity contribution is 6.47. The number of aliphatic hydroxyl groups excluding tert-OH is 1. The summed E-state index contributed by atoms with van der Waals surface area (Å²) in [5, 5.41) is 9.83. The summed E-state index contributed by atoms with van der Waals surface area (Å²) in [6, 6.07) is 3.81. The molecule has 1 amide bonds. The summed E-state index contributed by atoms with van der Waals surface area (Å²) in [7, 11) is 3.12. The lowest BCUT2D eigenvalue weighted by Gasteiger charge is -2.30. The van der Waals surface area contributed by atoms with Gasteiger partial charge in [-0.2, -0.15) is 0 Å². The van der Waals surface area contributed by atoms with E-state index < -0.39 is 0 Å². The average Bonchev–Trinajstić information content (AvgIpc) is 3.08. The largest absolute Gasteiger partial charge is 0.437 e. The van der Waals surface area contributed by atoms with Crippen LogP contribution in [0.1, 0.15) is 41.2 Å². The van der Waals surface area contributed by atoms with Gasteiger partial charge < -0.3 is 14.3 Å². The first-order valence-electron chi connectivity index (χ1n) is 8.93. The molecular formula is C19H23BN3O3. The minimum absolute atomic E-state index is 0.0553. The van der Waals surface area contributed by atoms with Gasteiger partial charge in [-0.1, -0.05) is 13.8 Å². The van der Waals surface area contributed by atoms with Crippen LogP contribution >= 0.6 is 0 Å². The Morgan fingerprint density at radius 3 is 2.88 bits per heavy atom. The predicted octanol–water partition coefficient (Wildman–Crippen LogP) is 1.05. The first kappa shape index (κ1) is 17.3. The highest BCUT2D eigenvalue weighted by Crippen LogP contribution is 2.39. The number of carbonyl (C=O) groups is 1. The molecule has 1 aliphatic carbocycles. The van der Waals surface area contributed by atoms with Crippen molar-refractivity contribution in [1.82, 2.24) is 9.55 Å². The number of aromatic nitrogens is 2. The average molecular weight is 352 g/mol. The summed E-state index contributed by atoms with van der Waals surface area (Å²) in [4.78, 5) is 19.2. The van der Waals surface area contributed by atoms with Crippen molar-refractivity contribution in [2.45, 2.75) is 39.8 Å². The number of aliphatic hydroxyl groups is 1. The molecular weight excluding hydrogens is 329 g/mol. The number of carbonyl (C=O) groups excluding carboxylic acids is 1. The van der Waals surface area contributed by atoms with Gasteiger partial charge in [0.05, 0.1) is 6.61 Å². The Balaban J connectivity index is 1.71. The molecule has 2 aromatic heterocycles. The van der Waals surface area contributed by atoms with Crippen LogP contribution in [0.4, 0.5) is 5.82 Å². The normalized spacial score (nSPS) is 18.0. The molecule has 0 atom stereocenters. The van der Waals surface area contributed by atoms with Crippen LogP contribution in [0, 0.1) is 5.41 Å². The van der Waals surface area contributed by atoms with E-state index in [1.807, 2.05) is 6.07 Å². The van der Waals surface area contributed by atoms with Crippen molar-refractivity contribution in [3.63, 3.8) is 0 Å². The topological polar surface area (TPSA) is 67.6 Å². The van der Waals surface area contributed by atoms with Gasteiger partial charge in [0.1, 0.15) is 11.5 Å². The Bertz CT molecular complexity index is 875. The third-order valence-corrected chi connectivity index (χ3v) is 5.35. The van der Waals surface area contributed by atoms with E-state index in [2.05, 4.69) is 23.4 Å². The number of amides is 1. The van der Waals surface area contributed by atoms with Gasteiger partial charge in [0, 0.05) is 37.7 Å². The Kier molecular flexibility index (Phi) is 4.16. The molecule has 4 rings (SSSR count). The van der Waals surface area contributed by atoms with Crippen LogP contribution in [-0.2, 0) is 30.6 Å². The van der Waals surface area contributed by atoms with Crippen LogP contribution in [0.3, 0.4) is 0 Å². The molecule has 0 fully saturated rings. The summed E-state index contributed by atoms with van der Waals surface area (Å²) in [5.41, 5.74) is 4.92. The molecule has 0 saturated carbocycles. The van der Waals surface area contributed by atoms with E-state index in [-0.39, 0.29) is 17.9 Å². The highest BCUT2D eigenvalue weighted by atomic mass is 16.4. The molecule has 135 valence electrons. The second-order valence-corrected chi connectivity index (χ2v) is 7.84. The zero-order chi connectivity index (χ0) is 18.5. The summed E-state index contributed by atoms with van der Waals surface area (Å²) < 4.78 is 7.26. The number of fused-ring (bicyclic) bond motifs is 3. The lowest BCUT2D eigenvalue weighted by molar-refractivity contribution is 0.0962. The van der Waals surface area contributed by atoms with Crippen molar-refractivity contribution in [2.24, 2.45) is 5.41 Å². The molecule has 0 bridgehead atoms. The number of pyridine rings is 1. The van der Waals surface area contributed by atoms with E-state index in [0.717, 1.165) is 30.5 Å². The second kappa shape index (κ2) is 6.25. The number of hydrogen-bond donors (Lipinski definition) is 1. The molecule has 3 heterocycles. The molecule has 0 aromatic carbocycles. The van der Waals surface area contributed by atoms with Crippen molar-refractivity contribution < 1.29 is 14.6 Å². The summed E-state index contributed by atoms with van der Waals surface area (Å²) in [5.74, 6) is 0.455. The standard InChI is InChI=1S/C19H23BN3O3/c1-19(2)9-12-8-15-18(25)23(7-6-22(15)16(12)10-19)17-13(11-24)14(20-26-3)4-5-21-17/h4-5,8,24H,6-7,9-11H2,1-3H3. The highest BCUT2D eigenvalue weighted by Gasteiger charge is 2.37. The fraction of sp³-hybridized carbons (Fsp3) is 0.474. The van der Waals surface area contributed by atoms with Crippen LogP contribution in [0.15, 0.2) is 18.3 Å². The third kappa shape index (κ3) is 2.66. The van der Waals surface area contributed by atoms with E-state index in [1.165, 1.54) is 11.3 Å². The Labute approximate surface area is 154 Å². The zero-order valence-corrected chi connectivity index (χ0v) is 15.5. The van der Waals surface area contributed by atoms with E-state index in [0.29, 0.717) is 17.9 Å². The molecule has 1 N–H and O–H groups in total. The number of hydrogen-bond acceptors (Lipinski definition) is 4. The molecule has 7 heteroatoms. The van der Waals surface area contributed by atoms with E-state index in [9.17, 15) is 9.90 Å². The van der Waals surface area contributed by atoms with Crippen molar-refractivity contribution in [2.75, 3.05) is 18.6 Å². The summed E-state index contributed by atoms with van der Waals surface area (Å²) in [6.45, 7) is 5.63. The van der Waals surface area contributed by atoms with Crippen LogP contribution in [0.25, 0.3) is 0 Å². The Morgan fingerprint density at radius 2 is 2.15 bits per heavy atom. The van der Waals surface area contributed by atoms with Gasteiger partial charge in [-0.05, 0) is 41.4 Å². The molecule has 1 aliphatic heterocycles. The number of nitrogens with zero attached hydrogens (tertiary/aromatic N) is 3. The van der Waals surface area contributed by atoms with E-state index >= 15 is 0 Å². The Morgan fingerprint density at radius 1 is 1.35 bits per heavy atom. The molecule has 1 radical (unpaired) electrons. The van der Waals surface area contributed by atoms with Crippen molar-refractivity contribution in [3.8, 4) is 0 Å². The van der Waals surface area contributed by atoms with E-state index in [1.54, 1.807) is 31.8 Å². The monoisotopic (exact) mass is 352 g/mol. The molecule has 6 nitrogen and oxygen atoms in total. The molecule has 2 aliphatic rings. The maximum Gasteiger partial charge on any atom is 0.330 e. The molecule has 2 aromatic rings.